The molecule has 9 heteroatoms. The Kier molecular flexibility index (Phi) is 5.03. The van der Waals surface area contributed by atoms with Gasteiger partial charge in [-0.1, -0.05) is 6.07 Å². The molecule has 0 spiro atoms. The van der Waals surface area contributed by atoms with E-state index in [1.165, 1.54) is 35.6 Å². The van der Waals surface area contributed by atoms with Gasteiger partial charge in [-0.25, -0.2) is 4.79 Å². The van der Waals surface area contributed by atoms with Crippen LogP contribution in [0.4, 0.5) is 8.78 Å². The summed E-state index contributed by atoms with van der Waals surface area (Å²) < 4.78 is 39.2. The monoisotopic (exact) mass is 366 g/mol. The van der Waals surface area contributed by atoms with Crippen LogP contribution in [0, 0.1) is 0 Å². The van der Waals surface area contributed by atoms with Crippen LogP contribution in [0.3, 0.4) is 0 Å². The summed E-state index contributed by atoms with van der Waals surface area (Å²) in [7, 11) is 0. The van der Waals surface area contributed by atoms with Crippen molar-refractivity contribution >= 4 is 17.3 Å². The molecule has 6 nitrogen and oxygen atoms in total. The lowest BCUT2D eigenvalue weighted by Gasteiger charge is -2.10. The third kappa shape index (κ3) is 4.18. The van der Waals surface area contributed by atoms with Gasteiger partial charge in [0.05, 0.1) is 10.4 Å². The van der Waals surface area contributed by atoms with Gasteiger partial charge in [0.1, 0.15) is 5.75 Å². The fourth-order valence-corrected chi connectivity index (χ4v) is 2.59. The van der Waals surface area contributed by atoms with Crippen LogP contribution in [0.1, 0.15) is 29.3 Å². The van der Waals surface area contributed by atoms with Crippen molar-refractivity contribution in [2.24, 2.45) is 0 Å². The van der Waals surface area contributed by atoms with Crippen molar-refractivity contribution < 1.29 is 27.5 Å². The Hall–Kier alpha value is -2.81. The van der Waals surface area contributed by atoms with E-state index in [9.17, 15) is 13.6 Å². The Bertz CT molecular complexity index is 834. The van der Waals surface area contributed by atoms with E-state index in [1.807, 2.05) is 17.5 Å². The molecule has 25 heavy (non-hydrogen) atoms. The first-order valence-corrected chi connectivity index (χ1v) is 8.04. The molecular formula is C16H12F2N2O4S. The minimum atomic E-state index is -2.92. The molecule has 3 aromatic rings. The molecule has 0 aliphatic heterocycles. The van der Waals surface area contributed by atoms with Crippen molar-refractivity contribution in [1.29, 1.82) is 0 Å². The quantitative estimate of drug-likeness (QED) is 0.605. The standard InChI is InChI=1S/C16H12F2N2O4S/c1-9(13-19-20-14(24-13)12-3-2-8-25-12)22-15(21)10-4-6-11(7-5-10)23-16(17)18/h2-9,16H,1H3/t9-/m1/s1. The van der Waals surface area contributed by atoms with E-state index in [4.69, 9.17) is 9.15 Å². The van der Waals surface area contributed by atoms with Gasteiger partial charge in [0.15, 0.2) is 6.10 Å². The SMILES string of the molecule is C[C@@H](OC(=O)c1ccc(OC(F)F)cc1)c1nnc(-c2cccs2)o1. The second kappa shape index (κ2) is 7.39. The Morgan fingerprint density at radius 2 is 1.96 bits per heavy atom. The zero-order valence-corrected chi connectivity index (χ0v) is 13.7. The van der Waals surface area contributed by atoms with E-state index in [0.717, 1.165) is 4.88 Å². The van der Waals surface area contributed by atoms with Crippen molar-refractivity contribution in [2.45, 2.75) is 19.6 Å². The molecular weight excluding hydrogens is 354 g/mol. The van der Waals surface area contributed by atoms with Crippen molar-refractivity contribution in [2.75, 3.05) is 0 Å². The largest absolute Gasteiger partial charge is 0.449 e. The van der Waals surface area contributed by atoms with Crippen LogP contribution in [0.25, 0.3) is 10.8 Å². The van der Waals surface area contributed by atoms with Gasteiger partial charge in [0, 0.05) is 0 Å². The first-order chi connectivity index (χ1) is 12.0. The first kappa shape index (κ1) is 17.0. The highest BCUT2D eigenvalue weighted by Gasteiger charge is 2.20. The number of halogens is 2. The molecule has 0 saturated carbocycles. The molecule has 0 saturated heterocycles. The van der Waals surface area contributed by atoms with E-state index in [1.54, 1.807) is 6.92 Å². The van der Waals surface area contributed by atoms with Gasteiger partial charge in [-0.2, -0.15) is 8.78 Å². The normalized spacial score (nSPS) is 12.2. The van der Waals surface area contributed by atoms with E-state index in [-0.39, 0.29) is 17.2 Å². The maximum atomic E-state index is 12.1. The Morgan fingerprint density at radius 3 is 2.60 bits per heavy atom. The summed E-state index contributed by atoms with van der Waals surface area (Å²) in [5, 5.41) is 9.67. The molecule has 2 heterocycles. The third-order valence-corrected chi connectivity index (χ3v) is 3.98. The molecule has 1 aromatic carbocycles. The van der Waals surface area contributed by atoms with E-state index < -0.39 is 18.7 Å². The molecule has 0 radical (unpaired) electrons. The van der Waals surface area contributed by atoms with Gasteiger partial charge in [-0.15, -0.1) is 21.5 Å². The number of carbonyl (C=O) groups excluding carboxylic acids is 1. The summed E-state index contributed by atoms with van der Waals surface area (Å²) in [4.78, 5) is 12.9. The smallest absolute Gasteiger partial charge is 0.387 e. The highest BCUT2D eigenvalue weighted by molar-refractivity contribution is 7.13. The summed E-state index contributed by atoms with van der Waals surface area (Å²) >= 11 is 1.45. The van der Waals surface area contributed by atoms with Crippen LogP contribution < -0.4 is 4.74 Å². The van der Waals surface area contributed by atoms with Crippen LogP contribution in [0.15, 0.2) is 46.2 Å². The van der Waals surface area contributed by atoms with Crippen molar-refractivity contribution in [1.82, 2.24) is 10.2 Å². The zero-order chi connectivity index (χ0) is 17.8. The lowest BCUT2D eigenvalue weighted by molar-refractivity contribution is -0.0498. The number of nitrogens with zero attached hydrogens (tertiary/aromatic N) is 2. The number of esters is 1. The van der Waals surface area contributed by atoms with E-state index in [2.05, 4.69) is 14.9 Å². The van der Waals surface area contributed by atoms with Gasteiger partial charge < -0.3 is 13.9 Å². The number of hydrogen-bond donors (Lipinski definition) is 0. The number of rotatable bonds is 6. The molecule has 2 aromatic heterocycles. The number of carbonyl (C=O) groups is 1. The van der Waals surface area contributed by atoms with Gasteiger partial charge in [-0.3, -0.25) is 0 Å². The molecule has 0 bridgehead atoms. The second-order valence-electron chi connectivity index (χ2n) is 4.87. The molecule has 3 rings (SSSR count). The third-order valence-electron chi connectivity index (χ3n) is 3.12. The van der Waals surface area contributed by atoms with Gasteiger partial charge in [0.25, 0.3) is 11.8 Å². The number of ether oxygens (including phenoxy) is 2. The molecule has 1 atom stereocenters. The number of thiophene rings is 1. The van der Waals surface area contributed by atoms with Crippen LogP contribution in [0.2, 0.25) is 0 Å². The first-order valence-electron chi connectivity index (χ1n) is 7.16. The van der Waals surface area contributed by atoms with E-state index in [0.29, 0.717) is 5.89 Å². The average Bonchev–Trinajstić information content (AvgIpc) is 3.26. The van der Waals surface area contributed by atoms with Crippen LogP contribution in [0.5, 0.6) is 5.75 Å². The Labute approximate surface area is 145 Å². The lowest BCUT2D eigenvalue weighted by Crippen LogP contribution is -2.10. The molecule has 0 aliphatic rings. The molecule has 0 aliphatic carbocycles. The molecule has 0 fully saturated rings. The van der Waals surface area contributed by atoms with Crippen molar-refractivity contribution in [3.63, 3.8) is 0 Å². The fraction of sp³-hybridized carbons (Fsp3) is 0.188. The summed E-state index contributed by atoms with van der Waals surface area (Å²) in [6.45, 7) is -1.33. The summed E-state index contributed by atoms with van der Waals surface area (Å²) in [5.41, 5.74) is 0.187. The number of alkyl halides is 2. The zero-order valence-electron chi connectivity index (χ0n) is 12.9. The number of benzene rings is 1. The predicted molar refractivity (Wildman–Crippen MR) is 84.5 cm³/mol. The van der Waals surface area contributed by atoms with Crippen LogP contribution in [-0.2, 0) is 4.74 Å². The summed E-state index contributed by atoms with van der Waals surface area (Å²) in [6.07, 6.45) is -0.759. The van der Waals surface area contributed by atoms with Crippen molar-refractivity contribution in [3.8, 4) is 16.5 Å². The van der Waals surface area contributed by atoms with Crippen LogP contribution >= 0.6 is 11.3 Å². The Balaban J connectivity index is 1.64. The highest BCUT2D eigenvalue weighted by Crippen LogP contribution is 2.26. The maximum Gasteiger partial charge on any atom is 0.387 e. The summed E-state index contributed by atoms with van der Waals surface area (Å²) in [6, 6.07) is 8.87. The van der Waals surface area contributed by atoms with Crippen LogP contribution in [-0.4, -0.2) is 22.8 Å². The van der Waals surface area contributed by atoms with Crippen molar-refractivity contribution in [3.05, 3.63) is 53.2 Å². The predicted octanol–water partition coefficient (Wildman–Crippen LogP) is 4.32. The highest BCUT2D eigenvalue weighted by atomic mass is 32.1. The average molecular weight is 366 g/mol. The minimum Gasteiger partial charge on any atom is -0.449 e. The number of aromatic nitrogens is 2. The maximum absolute atomic E-state index is 12.1. The van der Waals surface area contributed by atoms with Gasteiger partial charge in [-0.05, 0) is 42.6 Å². The lowest BCUT2D eigenvalue weighted by atomic mass is 10.2. The van der Waals surface area contributed by atoms with Gasteiger partial charge >= 0.3 is 12.6 Å². The molecule has 130 valence electrons. The van der Waals surface area contributed by atoms with E-state index >= 15 is 0 Å². The molecule has 0 N–H and O–H groups in total. The Morgan fingerprint density at radius 1 is 1.20 bits per heavy atom. The second-order valence-corrected chi connectivity index (χ2v) is 5.82. The topological polar surface area (TPSA) is 74.5 Å². The molecule has 0 unspecified atom stereocenters. The fourth-order valence-electron chi connectivity index (χ4n) is 1.95. The van der Waals surface area contributed by atoms with Gasteiger partial charge in [0.2, 0.25) is 0 Å². The minimum absolute atomic E-state index is 0.0444. The number of hydrogen-bond acceptors (Lipinski definition) is 7. The molecule has 0 amide bonds. The summed E-state index contributed by atoms with van der Waals surface area (Å²) in [5.74, 6) is -0.181.